The first-order chi connectivity index (χ1) is 11.1. The van der Waals surface area contributed by atoms with E-state index in [-0.39, 0.29) is 5.92 Å². The van der Waals surface area contributed by atoms with Gasteiger partial charge in [0.05, 0.1) is 10.9 Å². The number of nitrogens with zero attached hydrogens (tertiary/aromatic N) is 3. The molecule has 1 saturated heterocycles. The molecule has 1 saturated carbocycles. The maximum Gasteiger partial charge on any atom is 0.311 e. The Morgan fingerprint density at radius 3 is 2.96 bits per heavy atom. The molecule has 4 rings (SSSR count). The number of carbonyl (C=O) groups is 1. The van der Waals surface area contributed by atoms with E-state index in [9.17, 15) is 9.90 Å². The summed E-state index contributed by atoms with van der Waals surface area (Å²) >= 11 is 0. The van der Waals surface area contributed by atoms with Crippen LogP contribution < -0.4 is 10.2 Å². The van der Waals surface area contributed by atoms with E-state index in [1.807, 2.05) is 36.2 Å². The molecule has 1 aromatic carbocycles. The van der Waals surface area contributed by atoms with Gasteiger partial charge < -0.3 is 15.3 Å². The number of para-hydroxylation sites is 1. The normalized spacial score (nSPS) is 26.5. The van der Waals surface area contributed by atoms with Crippen LogP contribution in [-0.4, -0.2) is 41.2 Å². The van der Waals surface area contributed by atoms with Gasteiger partial charge in [0.2, 0.25) is 5.95 Å². The van der Waals surface area contributed by atoms with Gasteiger partial charge in [-0.25, -0.2) is 4.98 Å². The Hall–Kier alpha value is -2.37. The van der Waals surface area contributed by atoms with E-state index < -0.39 is 11.4 Å². The van der Waals surface area contributed by atoms with E-state index in [0.29, 0.717) is 12.5 Å². The molecule has 1 aromatic heterocycles. The summed E-state index contributed by atoms with van der Waals surface area (Å²) in [5, 5.41) is 13.8. The van der Waals surface area contributed by atoms with Crippen LogP contribution in [0.5, 0.6) is 0 Å². The van der Waals surface area contributed by atoms with Crippen LogP contribution in [0.1, 0.15) is 19.3 Å². The molecule has 2 aromatic rings. The number of benzene rings is 1. The molecule has 0 unspecified atom stereocenters. The van der Waals surface area contributed by atoms with Gasteiger partial charge in [0.15, 0.2) is 0 Å². The Morgan fingerprint density at radius 1 is 1.39 bits per heavy atom. The highest BCUT2D eigenvalue weighted by Gasteiger charge is 2.55. The van der Waals surface area contributed by atoms with Gasteiger partial charge >= 0.3 is 5.97 Å². The Bertz CT molecular complexity index is 778. The van der Waals surface area contributed by atoms with Gasteiger partial charge in [-0.15, -0.1) is 0 Å². The molecule has 6 heteroatoms. The number of hydrogen-bond donors (Lipinski definition) is 2. The second-order valence-electron chi connectivity index (χ2n) is 6.57. The van der Waals surface area contributed by atoms with Crippen molar-refractivity contribution in [1.29, 1.82) is 0 Å². The third kappa shape index (κ3) is 2.04. The molecule has 0 bridgehead atoms. The fraction of sp³-hybridized carbons (Fsp3) is 0.471. The van der Waals surface area contributed by atoms with Gasteiger partial charge in [-0.05, 0) is 30.9 Å². The minimum Gasteiger partial charge on any atom is -0.481 e. The number of hydrogen-bond acceptors (Lipinski definition) is 5. The number of anilines is 2. The fourth-order valence-corrected chi connectivity index (χ4v) is 4.19. The van der Waals surface area contributed by atoms with Crippen molar-refractivity contribution >= 4 is 28.6 Å². The standard InChI is InChI=1S/C17H20N4O2/c1-18-14-12-6-2-3-7-13(12)19-16(20-14)21-9-11-5-4-8-17(11,10-21)15(22)23/h2-3,6-7,11H,4-5,8-10H2,1H3,(H,22,23)(H,18,19,20)/t11-,17+/m0/s1. The van der Waals surface area contributed by atoms with Crippen molar-refractivity contribution in [2.45, 2.75) is 19.3 Å². The lowest BCUT2D eigenvalue weighted by atomic mass is 9.81. The van der Waals surface area contributed by atoms with Crippen LogP contribution in [0.2, 0.25) is 0 Å². The molecule has 0 spiro atoms. The minimum absolute atomic E-state index is 0.202. The van der Waals surface area contributed by atoms with E-state index in [0.717, 1.165) is 42.5 Å². The number of fused-ring (bicyclic) bond motifs is 2. The predicted molar refractivity (Wildman–Crippen MR) is 88.7 cm³/mol. The smallest absolute Gasteiger partial charge is 0.311 e. The van der Waals surface area contributed by atoms with Crippen molar-refractivity contribution in [2.75, 3.05) is 30.4 Å². The number of carboxylic acids is 1. The molecule has 2 heterocycles. The van der Waals surface area contributed by atoms with Crippen LogP contribution in [0.15, 0.2) is 24.3 Å². The van der Waals surface area contributed by atoms with Crippen molar-refractivity contribution in [3.05, 3.63) is 24.3 Å². The van der Waals surface area contributed by atoms with Gasteiger partial charge in [0.25, 0.3) is 0 Å². The van der Waals surface area contributed by atoms with Crippen LogP contribution in [0.3, 0.4) is 0 Å². The first-order valence-corrected chi connectivity index (χ1v) is 8.07. The highest BCUT2D eigenvalue weighted by Crippen LogP contribution is 2.49. The highest BCUT2D eigenvalue weighted by molar-refractivity contribution is 5.90. The molecule has 1 aliphatic carbocycles. The van der Waals surface area contributed by atoms with Crippen molar-refractivity contribution in [3.63, 3.8) is 0 Å². The summed E-state index contributed by atoms with van der Waals surface area (Å²) in [6.07, 6.45) is 2.75. The summed E-state index contributed by atoms with van der Waals surface area (Å²) in [5.74, 6) is 0.945. The van der Waals surface area contributed by atoms with Gasteiger partial charge in [0, 0.05) is 25.5 Å². The second-order valence-corrected chi connectivity index (χ2v) is 6.57. The number of nitrogens with one attached hydrogen (secondary N) is 1. The summed E-state index contributed by atoms with van der Waals surface area (Å²) in [6.45, 7) is 1.24. The Labute approximate surface area is 134 Å². The third-order valence-corrected chi connectivity index (χ3v) is 5.41. The summed E-state index contributed by atoms with van der Waals surface area (Å²) in [4.78, 5) is 23.2. The lowest BCUT2D eigenvalue weighted by Crippen LogP contribution is -2.36. The molecule has 0 amide bonds. The summed E-state index contributed by atoms with van der Waals surface area (Å²) in [5.41, 5.74) is 0.262. The minimum atomic E-state index is -0.669. The van der Waals surface area contributed by atoms with E-state index in [2.05, 4.69) is 15.3 Å². The van der Waals surface area contributed by atoms with Crippen LogP contribution in [0, 0.1) is 11.3 Å². The van der Waals surface area contributed by atoms with Crippen molar-refractivity contribution in [2.24, 2.45) is 11.3 Å². The van der Waals surface area contributed by atoms with Crippen LogP contribution >= 0.6 is 0 Å². The van der Waals surface area contributed by atoms with E-state index in [1.54, 1.807) is 0 Å². The summed E-state index contributed by atoms with van der Waals surface area (Å²) < 4.78 is 0. The van der Waals surface area contributed by atoms with E-state index in [1.165, 1.54) is 0 Å². The second kappa shape index (κ2) is 5.08. The highest BCUT2D eigenvalue weighted by atomic mass is 16.4. The molecule has 0 radical (unpaired) electrons. The Kier molecular flexibility index (Phi) is 3.14. The molecule has 2 atom stereocenters. The molecular weight excluding hydrogens is 292 g/mol. The van der Waals surface area contributed by atoms with Gasteiger partial charge in [0.1, 0.15) is 5.82 Å². The first-order valence-electron chi connectivity index (χ1n) is 8.07. The van der Waals surface area contributed by atoms with Gasteiger partial charge in [-0.3, -0.25) is 4.79 Å². The molecule has 2 N–H and O–H groups in total. The predicted octanol–water partition coefficient (Wildman–Crippen LogP) is 2.36. The zero-order valence-corrected chi connectivity index (χ0v) is 13.1. The average Bonchev–Trinajstić information content (AvgIpc) is 3.12. The molecular formula is C17H20N4O2. The maximum absolute atomic E-state index is 11.8. The number of rotatable bonds is 3. The zero-order valence-electron chi connectivity index (χ0n) is 13.1. The largest absolute Gasteiger partial charge is 0.481 e. The number of aromatic nitrogens is 2. The Morgan fingerprint density at radius 2 is 2.22 bits per heavy atom. The van der Waals surface area contributed by atoms with Crippen molar-refractivity contribution < 1.29 is 9.90 Å². The average molecular weight is 312 g/mol. The molecule has 2 aliphatic rings. The molecule has 23 heavy (non-hydrogen) atoms. The Balaban J connectivity index is 1.75. The third-order valence-electron chi connectivity index (χ3n) is 5.41. The van der Waals surface area contributed by atoms with Gasteiger partial charge in [-0.2, -0.15) is 4.98 Å². The maximum atomic E-state index is 11.8. The van der Waals surface area contributed by atoms with Crippen molar-refractivity contribution in [3.8, 4) is 0 Å². The summed E-state index contributed by atoms with van der Waals surface area (Å²) in [7, 11) is 1.84. The SMILES string of the molecule is CNc1nc(N2C[C@@H]3CCC[C@@]3(C(=O)O)C2)nc2ccccc12. The topological polar surface area (TPSA) is 78.4 Å². The summed E-state index contributed by atoms with van der Waals surface area (Å²) in [6, 6.07) is 7.87. The van der Waals surface area contributed by atoms with E-state index >= 15 is 0 Å². The zero-order chi connectivity index (χ0) is 16.0. The molecule has 2 fully saturated rings. The molecule has 6 nitrogen and oxygen atoms in total. The quantitative estimate of drug-likeness (QED) is 0.906. The van der Waals surface area contributed by atoms with Gasteiger partial charge in [-0.1, -0.05) is 18.6 Å². The first kappa shape index (κ1) is 14.2. The molecule has 1 aliphatic heterocycles. The number of carboxylic acid groups (broad SMARTS) is 1. The monoisotopic (exact) mass is 312 g/mol. The van der Waals surface area contributed by atoms with Crippen LogP contribution in [0.25, 0.3) is 10.9 Å². The molecule has 120 valence electrons. The van der Waals surface area contributed by atoms with Crippen LogP contribution in [-0.2, 0) is 4.79 Å². The number of aliphatic carboxylic acids is 1. The fourth-order valence-electron chi connectivity index (χ4n) is 4.19. The van der Waals surface area contributed by atoms with Crippen LogP contribution in [0.4, 0.5) is 11.8 Å². The lowest BCUT2D eigenvalue weighted by Gasteiger charge is -2.23. The lowest BCUT2D eigenvalue weighted by molar-refractivity contribution is -0.149. The van der Waals surface area contributed by atoms with E-state index in [4.69, 9.17) is 0 Å². The van der Waals surface area contributed by atoms with Crippen molar-refractivity contribution in [1.82, 2.24) is 9.97 Å².